The van der Waals surface area contributed by atoms with Crippen LogP contribution in [0.3, 0.4) is 0 Å². The fraction of sp³-hybridized carbons (Fsp3) is 0.333. The summed E-state index contributed by atoms with van der Waals surface area (Å²) < 4.78 is 15.7. The van der Waals surface area contributed by atoms with Gasteiger partial charge in [0.25, 0.3) is 0 Å². The first-order valence-electron chi connectivity index (χ1n) is 9.56. The molecule has 1 aromatic carbocycles. The highest BCUT2D eigenvalue weighted by atomic mass is 16.6. The van der Waals surface area contributed by atoms with E-state index in [-0.39, 0.29) is 38.2 Å². The lowest BCUT2D eigenvalue weighted by Gasteiger charge is -2.20. The number of amidine groups is 1. The Bertz CT molecular complexity index is 899. The Balaban J connectivity index is 1.54. The van der Waals surface area contributed by atoms with Gasteiger partial charge < -0.3 is 19.9 Å². The fourth-order valence-electron chi connectivity index (χ4n) is 3.02. The Kier molecular flexibility index (Phi) is 6.84. The fourth-order valence-corrected chi connectivity index (χ4v) is 3.02. The van der Waals surface area contributed by atoms with E-state index in [1.165, 1.54) is 11.1 Å². The van der Waals surface area contributed by atoms with E-state index < -0.39 is 12.1 Å². The first kappa shape index (κ1) is 21.1. The molecule has 3 N–H and O–H groups in total. The number of amides is 1. The molecule has 1 saturated heterocycles. The molecule has 158 valence electrons. The van der Waals surface area contributed by atoms with Crippen LogP contribution in [0.1, 0.15) is 23.7 Å². The Morgan fingerprint density at radius 1 is 1.30 bits per heavy atom. The number of hydrogen-bond donors (Lipinski definition) is 2. The molecule has 0 spiro atoms. The standard InChI is InChI=1S/C21H24N4O5/c1-2-28-19(26)11-25-17(13-30-21(25)27)9-14-3-7-18(8-4-14)29-12-16-6-5-15(10-24-16)20(22)23/h3-8,10,17H,2,9,11-13H2,1H3,(H3,22,23)/t17-/m0/s1. The normalized spacial score (nSPS) is 15.6. The SMILES string of the molecule is CCOC(=O)CN1C(=O)OC[C@@H]1Cc1ccc(OCc2ccc(C(=N)N)cn2)cc1. The molecule has 1 amide bonds. The van der Waals surface area contributed by atoms with Gasteiger partial charge in [0.15, 0.2) is 0 Å². The monoisotopic (exact) mass is 412 g/mol. The van der Waals surface area contributed by atoms with Gasteiger partial charge in [-0.1, -0.05) is 12.1 Å². The van der Waals surface area contributed by atoms with Crippen molar-refractivity contribution in [2.24, 2.45) is 5.73 Å². The van der Waals surface area contributed by atoms with Crippen molar-refractivity contribution in [3.05, 3.63) is 59.4 Å². The molecule has 0 aliphatic carbocycles. The van der Waals surface area contributed by atoms with Crippen molar-refractivity contribution in [2.45, 2.75) is 26.0 Å². The molecule has 2 heterocycles. The van der Waals surface area contributed by atoms with Gasteiger partial charge in [0.2, 0.25) is 0 Å². The second kappa shape index (κ2) is 9.73. The zero-order valence-electron chi connectivity index (χ0n) is 16.7. The molecular formula is C21H24N4O5. The van der Waals surface area contributed by atoms with E-state index in [1.54, 1.807) is 19.1 Å². The number of esters is 1. The number of cyclic esters (lactones) is 1. The second-order valence-electron chi connectivity index (χ2n) is 6.75. The molecule has 1 aliphatic rings. The average Bonchev–Trinajstić information content (AvgIpc) is 3.07. The van der Waals surface area contributed by atoms with Crippen molar-refractivity contribution >= 4 is 17.9 Å². The lowest BCUT2D eigenvalue weighted by Crippen LogP contribution is -2.39. The molecule has 1 aromatic heterocycles. The maximum atomic E-state index is 11.9. The Hall–Kier alpha value is -3.62. The summed E-state index contributed by atoms with van der Waals surface area (Å²) in [5.74, 6) is 0.203. The number of aromatic nitrogens is 1. The lowest BCUT2D eigenvalue weighted by atomic mass is 10.1. The van der Waals surface area contributed by atoms with Gasteiger partial charge in [0, 0.05) is 11.8 Å². The first-order chi connectivity index (χ1) is 14.5. The molecule has 1 fully saturated rings. The summed E-state index contributed by atoms with van der Waals surface area (Å²) in [5.41, 5.74) is 7.69. The molecule has 1 aliphatic heterocycles. The number of nitrogens with one attached hydrogen (secondary N) is 1. The number of benzene rings is 1. The van der Waals surface area contributed by atoms with Crippen LogP contribution in [0.4, 0.5) is 4.79 Å². The van der Waals surface area contributed by atoms with Crippen LogP contribution in [-0.2, 0) is 27.3 Å². The van der Waals surface area contributed by atoms with Gasteiger partial charge >= 0.3 is 12.1 Å². The predicted octanol–water partition coefficient (Wildman–Crippen LogP) is 1.87. The lowest BCUT2D eigenvalue weighted by molar-refractivity contribution is -0.144. The number of hydrogen-bond acceptors (Lipinski definition) is 7. The minimum atomic E-state index is -0.503. The van der Waals surface area contributed by atoms with Crippen molar-refractivity contribution < 1.29 is 23.8 Å². The number of pyridine rings is 1. The maximum absolute atomic E-state index is 11.9. The van der Waals surface area contributed by atoms with Crippen molar-refractivity contribution in [3.63, 3.8) is 0 Å². The summed E-state index contributed by atoms with van der Waals surface area (Å²) in [7, 11) is 0. The molecule has 0 bridgehead atoms. The summed E-state index contributed by atoms with van der Waals surface area (Å²) in [5, 5.41) is 7.37. The van der Waals surface area contributed by atoms with Crippen LogP contribution >= 0.6 is 0 Å². The molecule has 3 rings (SSSR count). The van der Waals surface area contributed by atoms with E-state index in [1.807, 2.05) is 24.3 Å². The van der Waals surface area contributed by atoms with Gasteiger partial charge in [-0.2, -0.15) is 0 Å². The van der Waals surface area contributed by atoms with Crippen LogP contribution in [0.25, 0.3) is 0 Å². The number of rotatable bonds is 9. The number of nitrogens with zero attached hydrogens (tertiary/aromatic N) is 2. The summed E-state index contributed by atoms with van der Waals surface area (Å²) in [6.45, 7) is 2.39. The van der Waals surface area contributed by atoms with Crippen molar-refractivity contribution in [3.8, 4) is 5.75 Å². The zero-order chi connectivity index (χ0) is 21.5. The van der Waals surface area contributed by atoms with Gasteiger partial charge in [0.1, 0.15) is 31.3 Å². The third kappa shape index (κ3) is 5.47. The highest BCUT2D eigenvalue weighted by Crippen LogP contribution is 2.20. The molecular weight excluding hydrogens is 388 g/mol. The van der Waals surface area contributed by atoms with Crippen LogP contribution in [-0.4, -0.2) is 53.6 Å². The minimum Gasteiger partial charge on any atom is -0.487 e. The van der Waals surface area contributed by atoms with Crippen molar-refractivity contribution in [1.82, 2.24) is 9.88 Å². The molecule has 9 heteroatoms. The molecule has 0 unspecified atom stereocenters. The quantitative estimate of drug-likeness (QED) is 0.365. The maximum Gasteiger partial charge on any atom is 0.410 e. The smallest absolute Gasteiger partial charge is 0.410 e. The van der Waals surface area contributed by atoms with Crippen molar-refractivity contribution in [2.75, 3.05) is 19.8 Å². The van der Waals surface area contributed by atoms with E-state index >= 15 is 0 Å². The summed E-state index contributed by atoms with van der Waals surface area (Å²) in [6, 6.07) is 10.8. The number of nitrogens with two attached hydrogens (primary N) is 1. The topological polar surface area (TPSA) is 128 Å². The van der Waals surface area contributed by atoms with Crippen LogP contribution in [0, 0.1) is 5.41 Å². The molecule has 1 atom stereocenters. The van der Waals surface area contributed by atoms with Gasteiger partial charge in [0.05, 0.1) is 18.3 Å². The van der Waals surface area contributed by atoms with E-state index in [0.717, 1.165) is 11.3 Å². The first-order valence-corrected chi connectivity index (χ1v) is 9.56. The Morgan fingerprint density at radius 3 is 2.70 bits per heavy atom. The number of ether oxygens (including phenoxy) is 3. The van der Waals surface area contributed by atoms with Gasteiger partial charge in [-0.05, 0) is 43.2 Å². The van der Waals surface area contributed by atoms with E-state index in [9.17, 15) is 9.59 Å². The highest BCUT2D eigenvalue weighted by molar-refractivity contribution is 5.94. The van der Waals surface area contributed by atoms with E-state index in [2.05, 4.69) is 4.98 Å². The largest absolute Gasteiger partial charge is 0.487 e. The van der Waals surface area contributed by atoms with Gasteiger partial charge in [-0.3, -0.25) is 20.1 Å². The molecule has 0 radical (unpaired) electrons. The molecule has 9 nitrogen and oxygen atoms in total. The third-order valence-corrected chi connectivity index (χ3v) is 4.60. The van der Waals surface area contributed by atoms with Crippen molar-refractivity contribution in [1.29, 1.82) is 5.41 Å². The van der Waals surface area contributed by atoms with E-state index in [0.29, 0.717) is 17.7 Å². The predicted molar refractivity (Wildman–Crippen MR) is 108 cm³/mol. The zero-order valence-corrected chi connectivity index (χ0v) is 16.7. The minimum absolute atomic E-state index is 0.0271. The third-order valence-electron chi connectivity index (χ3n) is 4.60. The second-order valence-corrected chi connectivity index (χ2v) is 6.75. The molecule has 0 saturated carbocycles. The van der Waals surface area contributed by atoms with E-state index in [4.69, 9.17) is 25.4 Å². The van der Waals surface area contributed by atoms with Crippen LogP contribution in [0.5, 0.6) is 5.75 Å². The molecule has 30 heavy (non-hydrogen) atoms. The number of nitrogen functional groups attached to an aromatic ring is 1. The molecule has 2 aromatic rings. The Morgan fingerprint density at radius 2 is 2.07 bits per heavy atom. The summed E-state index contributed by atoms with van der Waals surface area (Å²) >= 11 is 0. The van der Waals surface area contributed by atoms with Gasteiger partial charge in [-0.15, -0.1) is 0 Å². The van der Waals surface area contributed by atoms with Crippen LogP contribution < -0.4 is 10.5 Å². The number of carbonyl (C=O) groups excluding carboxylic acids is 2. The Labute approximate surface area is 174 Å². The van der Waals surface area contributed by atoms with Crippen LogP contribution in [0.2, 0.25) is 0 Å². The number of carbonyl (C=O) groups is 2. The highest BCUT2D eigenvalue weighted by Gasteiger charge is 2.34. The summed E-state index contributed by atoms with van der Waals surface area (Å²) in [4.78, 5) is 29.2. The van der Waals surface area contributed by atoms with Gasteiger partial charge in [-0.25, -0.2) is 4.79 Å². The average molecular weight is 412 g/mol. The van der Waals surface area contributed by atoms with Crippen LogP contribution in [0.15, 0.2) is 42.6 Å². The summed E-state index contributed by atoms with van der Waals surface area (Å²) in [6.07, 6.45) is 1.59.